The molecular weight excluding hydrogens is 254 g/mol. The highest BCUT2D eigenvalue weighted by Gasteiger charge is 2.44. The number of imidazole rings is 1. The third-order valence-corrected chi connectivity index (χ3v) is 3.12. The van der Waals surface area contributed by atoms with Gasteiger partial charge in [0.25, 0.3) is 0 Å². The van der Waals surface area contributed by atoms with Gasteiger partial charge in [0, 0.05) is 0 Å². The van der Waals surface area contributed by atoms with Crippen LogP contribution >= 0.6 is 0 Å². The molecule has 1 saturated heterocycles. The normalized spacial score (nSPS) is 31.1. The topological polar surface area (TPSA) is 150 Å². The first-order chi connectivity index (χ1) is 9.11. The highest BCUT2D eigenvalue weighted by Crippen LogP contribution is 2.32. The fourth-order valence-electron chi connectivity index (χ4n) is 2.12. The predicted octanol–water partition coefficient (Wildman–Crippen LogP) is -1.91. The molecule has 2 aromatic rings. The van der Waals surface area contributed by atoms with Gasteiger partial charge in [-0.2, -0.15) is 0 Å². The zero-order valence-corrected chi connectivity index (χ0v) is 9.76. The number of H-pyrrole nitrogens is 1. The van der Waals surface area contributed by atoms with E-state index in [1.807, 2.05) is 0 Å². The summed E-state index contributed by atoms with van der Waals surface area (Å²) in [6.45, 7) is -0.406. The third-order valence-electron chi connectivity index (χ3n) is 3.12. The number of nitrogens with two attached hydrogens (primary N) is 1. The van der Waals surface area contributed by atoms with Gasteiger partial charge < -0.3 is 30.8 Å². The molecule has 0 saturated carbocycles. The molecule has 1 fully saturated rings. The van der Waals surface area contributed by atoms with Gasteiger partial charge in [0.1, 0.15) is 29.9 Å². The molecule has 9 nitrogen and oxygen atoms in total. The van der Waals surface area contributed by atoms with Crippen molar-refractivity contribution in [1.29, 1.82) is 0 Å². The number of hydrogen-bond acceptors (Lipinski definition) is 8. The highest BCUT2D eigenvalue weighted by atomic mass is 16.6. The third kappa shape index (κ3) is 1.83. The first kappa shape index (κ1) is 12.2. The van der Waals surface area contributed by atoms with Crippen molar-refractivity contribution in [2.45, 2.75) is 24.4 Å². The fourth-order valence-corrected chi connectivity index (χ4v) is 2.12. The standard InChI is InChI=1S/C10H13N5O4/c11-8-4-9(13-2-12-4)15-10(14-8)7-6(18)5(17)3(1-16)19-7/h2-3,5-7,16-18H,1H2,(H3,11,12,13,14,15)/t3-,5-,6+,7-/m1/s1. The maximum absolute atomic E-state index is 9.89. The fraction of sp³-hybridized carbons (Fsp3) is 0.500. The number of aromatic nitrogens is 4. The first-order valence-electron chi connectivity index (χ1n) is 5.70. The number of nitrogen functional groups attached to an aromatic ring is 1. The van der Waals surface area contributed by atoms with E-state index in [0.717, 1.165) is 0 Å². The average molecular weight is 267 g/mol. The Bertz CT molecular complexity index is 603. The molecule has 3 heterocycles. The van der Waals surface area contributed by atoms with Crippen LogP contribution in [-0.4, -0.2) is 60.2 Å². The van der Waals surface area contributed by atoms with Crippen molar-refractivity contribution >= 4 is 17.0 Å². The molecule has 0 unspecified atom stereocenters. The van der Waals surface area contributed by atoms with E-state index in [1.165, 1.54) is 6.33 Å². The summed E-state index contributed by atoms with van der Waals surface area (Å²) in [6.07, 6.45) is -2.81. The van der Waals surface area contributed by atoms with Gasteiger partial charge in [0.2, 0.25) is 0 Å². The van der Waals surface area contributed by atoms with Crippen LogP contribution in [0.2, 0.25) is 0 Å². The van der Waals surface area contributed by atoms with E-state index in [-0.39, 0.29) is 11.6 Å². The number of aromatic amines is 1. The summed E-state index contributed by atoms with van der Waals surface area (Å²) in [4.78, 5) is 14.9. The molecule has 0 bridgehead atoms. The zero-order valence-electron chi connectivity index (χ0n) is 9.76. The Balaban J connectivity index is 2.00. The molecule has 102 valence electrons. The SMILES string of the molecule is Nc1nc([C@@H]2O[C@H](CO)[C@@H](O)[C@@H]2O)nc2[nH]cnc12. The number of aliphatic hydroxyl groups excluding tert-OH is 3. The summed E-state index contributed by atoms with van der Waals surface area (Å²) in [7, 11) is 0. The minimum absolute atomic E-state index is 0.136. The maximum atomic E-state index is 9.89. The Morgan fingerprint density at radius 1 is 1.32 bits per heavy atom. The molecule has 1 aliphatic rings. The summed E-state index contributed by atoms with van der Waals surface area (Å²) >= 11 is 0. The van der Waals surface area contributed by atoms with Gasteiger partial charge in [-0.15, -0.1) is 0 Å². The molecule has 0 radical (unpaired) electrons. The predicted molar refractivity (Wildman–Crippen MR) is 62.8 cm³/mol. The summed E-state index contributed by atoms with van der Waals surface area (Å²) in [6, 6.07) is 0. The zero-order chi connectivity index (χ0) is 13.6. The van der Waals surface area contributed by atoms with E-state index in [9.17, 15) is 10.2 Å². The Labute approximate surface area is 107 Å². The molecule has 19 heavy (non-hydrogen) atoms. The van der Waals surface area contributed by atoms with E-state index in [4.69, 9.17) is 15.6 Å². The lowest BCUT2D eigenvalue weighted by atomic mass is 10.1. The largest absolute Gasteiger partial charge is 0.394 e. The second kappa shape index (κ2) is 4.38. The summed E-state index contributed by atoms with van der Waals surface area (Å²) in [5.74, 6) is 0.288. The molecular formula is C10H13N5O4. The molecule has 6 N–H and O–H groups in total. The van der Waals surface area contributed by atoms with E-state index in [2.05, 4.69) is 19.9 Å². The van der Waals surface area contributed by atoms with Crippen molar-refractivity contribution in [1.82, 2.24) is 19.9 Å². The van der Waals surface area contributed by atoms with Gasteiger partial charge in [-0.05, 0) is 0 Å². The highest BCUT2D eigenvalue weighted by molar-refractivity contribution is 5.80. The van der Waals surface area contributed by atoms with Crippen LogP contribution < -0.4 is 5.73 Å². The minimum atomic E-state index is -1.23. The van der Waals surface area contributed by atoms with Crippen LogP contribution in [0.3, 0.4) is 0 Å². The molecule has 4 atom stereocenters. The lowest BCUT2D eigenvalue weighted by Crippen LogP contribution is -2.32. The van der Waals surface area contributed by atoms with Gasteiger partial charge >= 0.3 is 0 Å². The van der Waals surface area contributed by atoms with Crippen LogP contribution in [0.25, 0.3) is 11.2 Å². The molecule has 2 aromatic heterocycles. The van der Waals surface area contributed by atoms with Crippen molar-refractivity contribution in [2.24, 2.45) is 0 Å². The Kier molecular flexibility index (Phi) is 2.82. The van der Waals surface area contributed by atoms with Crippen molar-refractivity contribution < 1.29 is 20.1 Å². The van der Waals surface area contributed by atoms with Crippen molar-refractivity contribution in [2.75, 3.05) is 12.3 Å². The number of rotatable bonds is 2. The number of aliphatic hydroxyl groups is 3. The quantitative estimate of drug-likeness (QED) is 0.423. The van der Waals surface area contributed by atoms with E-state index in [0.29, 0.717) is 11.2 Å². The van der Waals surface area contributed by atoms with Gasteiger partial charge in [-0.25, -0.2) is 15.0 Å². The van der Waals surface area contributed by atoms with Crippen molar-refractivity contribution in [3.63, 3.8) is 0 Å². The summed E-state index contributed by atoms with van der Waals surface area (Å²) in [5, 5.41) is 28.6. The van der Waals surface area contributed by atoms with Crippen molar-refractivity contribution in [3.05, 3.63) is 12.2 Å². The lowest BCUT2D eigenvalue weighted by molar-refractivity contribution is -0.0251. The molecule has 0 spiro atoms. The monoisotopic (exact) mass is 267 g/mol. The van der Waals surface area contributed by atoms with Gasteiger partial charge in [0.15, 0.2) is 17.3 Å². The lowest BCUT2D eigenvalue weighted by Gasteiger charge is -2.13. The van der Waals surface area contributed by atoms with Crippen molar-refractivity contribution in [3.8, 4) is 0 Å². The Morgan fingerprint density at radius 3 is 2.79 bits per heavy atom. The molecule has 0 aliphatic carbocycles. The van der Waals surface area contributed by atoms with Gasteiger partial charge in [-0.1, -0.05) is 0 Å². The Morgan fingerprint density at radius 2 is 2.11 bits per heavy atom. The average Bonchev–Trinajstić information content (AvgIpc) is 2.96. The van der Waals surface area contributed by atoms with E-state index in [1.54, 1.807) is 0 Å². The number of ether oxygens (including phenoxy) is 1. The number of nitrogens with zero attached hydrogens (tertiary/aromatic N) is 3. The van der Waals surface area contributed by atoms with Gasteiger partial charge in [-0.3, -0.25) is 0 Å². The van der Waals surface area contributed by atoms with Crippen LogP contribution in [0, 0.1) is 0 Å². The number of anilines is 1. The molecule has 1 aliphatic heterocycles. The Hall–Kier alpha value is -1.81. The summed E-state index contributed by atoms with van der Waals surface area (Å²) < 4.78 is 5.34. The second-order valence-electron chi connectivity index (χ2n) is 4.33. The van der Waals surface area contributed by atoms with Crippen LogP contribution in [0.1, 0.15) is 11.9 Å². The smallest absolute Gasteiger partial charge is 0.164 e. The van der Waals surface area contributed by atoms with E-state index < -0.39 is 31.0 Å². The van der Waals surface area contributed by atoms with Crippen LogP contribution in [-0.2, 0) is 4.74 Å². The molecule has 9 heteroatoms. The van der Waals surface area contributed by atoms with Crippen LogP contribution in [0.5, 0.6) is 0 Å². The summed E-state index contributed by atoms with van der Waals surface area (Å²) in [5.41, 5.74) is 6.58. The minimum Gasteiger partial charge on any atom is -0.394 e. The van der Waals surface area contributed by atoms with Crippen LogP contribution in [0.15, 0.2) is 6.33 Å². The maximum Gasteiger partial charge on any atom is 0.164 e. The number of hydrogen-bond donors (Lipinski definition) is 5. The van der Waals surface area contributed by atoms with Crippen LogP contribution in [0.4, 0.5) is 5.82 Å². The first-order valence-corrected chi connectivity index (χ1v) is 5.70. The van der Waals surface area contributed by atoms with Gasteiger partial charge in [0.05, 0.1) is 12.9 Å². The number of nitrogens with one attached hydrogen (secondary N) is 1. The molecule has 3 rings (SSSR count). The number of fused-ring (bicyclic) bond motifs is 1. The second-order valence-corrected chi connectivity index (χ2v) is 4.33. The molecule has 0 amide bonds. The molecule has 0 aromatic carbocycles. The van der Waals surface area contributed by atoms with E-state index >= 15 is 0 Å².